The molecule has 0 aliphatic heterocycles. The number of halogens is 2. The number of carbonyl (C=O) groups is 1. The number of fused-ring (bicyclic) bond motifs is 1. The van der Waals surface area contributed by atoms with Crippen LogP contribution >= 0.6 is 34.7 Å². The van der Waals surface area contributed by atoms with E-state index in [9.17, 15) is 9.18 Å². The molecule has 0 bridgehead atoms. The van der Waals surface area contributed by atoms with Crippen molar-refractivity contribution in [2.45, 2.75) is 31.7 Å². The van der Waals surface area contributed by atoms with E-state index in [1.807, 2.05) is 26.0 Å². The molecular formula is C19H18ClFN2OS2. The van der Waals surface area contributed by atoms with E-state index in [-0.39, 0.29) is 11.7 Å². The number of aromatic nitrogens is 1. The third-order valence-electron chi connectivity index (χ3n) is 3.87. The van der Waals surface area contributed by atoms with Crippen LogP contribution < -0.4 is 4.80 Å². The number of nitrogens with zero attached hydrogens (tertiary/aromatic N) is 2. The number of carbonyl (C=O) groups excluding carboxylic acids is 1. The van der Waals surface area contributed by atoms with Crippen molar-refractivity contribution in [3.05, 3.63) is 57.6 Å². The molecule has 136 valence electrons. The fourth-order valence-electron chi connectivity index (χ4n) is 2.70. The van der Waals surface area contributed by atoms with E-state index in [0.29, 0.717) is 22.0 Å². The van der Waals surface area contributed by atoms with Crippen LogP contribution in [0.4, 0.5) is 4.39 Å². The zero-order valence-electron chi connectivity index (χ0n) is 14.5. The largest absolute Gasteiger partial charge is 0.316 e. The van der Waals surface area contributed by atoms with E-state index in [1.165, 1.54) is 35.2 Å². The summed E-state index contributed by atoms with van der Waals surface area (Å²) in [5, 5.41) is 0.688. The number of thiazole rings is 1. The number of hydrogen-bond acceptors (Lipinski definition) is 3. The number of hydrogen-bond donors (Lipinski definition) is 0. The quantitative estimate of drug-likeness (QED) is 0.527. The highest BCUT2D eigenvalue weighted by Crippen LogP contribution is 2.26. The van der Waals surface area contributed by atoms with Gasteiger partial charge in [-0.1, -0.05) is 22.9 Å². The molecular weight excluding hydrogens is 391 g/mol. The molecule has 0 unspecified atom stereocenters. The van der Waals surface area contributed by atoms with Crippen LogP contribution in [0.5, 0.6) is 0 Å². The average Bonchev–Trinajstić information content (AvgIpc) is 2.93. The lowest BCUT2D eigenvalue weighted by Gasteiger charge is -2.04. The summed E-state index contributed by atoms with van der Waals surface area (Å²) in [5.74, 6) is 0.192. The number of aryl methyl sites for hydroxylation is 2. The fourth-order valence-corrected chi connectivity index (χ4v) is 5.11. The van der Waals surface area contributed by atoms with Crippen LogP contribution in [0, 0.1) is 12.7 Å². The first-order valence-corrected chi connectivity index (χ1v) is 10.4. The molecule has 7 heteroatoms. The fraction of sp³-hybridized carbons (Fsp3) is 0.263. The Labute approximate surface area is 164 Å². The first-order chi connectivity index (χ1) is 12.5. The molecule has 3 aromatic rings. The lowest BCUT2D eigenvalue weighted by molar-refractivity contribution is -0.117. The van der Waals surface area contributed by atoms with Crippen molar-refractivity contribution < 1.29 is 9.18 Å². The SMILES string of the molecule is CCn1c(=NC(=O)CCSc2ccc(F)cc2)sc2cc(Cl)cc(C)c21. The second-order valence-corrected chi connectivity index (χ2v) is 8.37. The van der Waals surface area contributed by atoms with Gasteiger partial charge >= 0.3 is 0 Å². The highest BCUT2D eigenvalue weighted by Gasteiger charge is 2.10. The van der Waals surface area contributed by atoms with E-state index in [0.717, 1.165) is 27.2 Å². The molecule has 0 spiro atoms. The molecule has 26 heavy (non-hydrogen) atoms. The van der Waals surface area contributed by atoms with E-state index in [4.69, 9.17) is 11.6 Å². The molecule has 1 amide bonds. The van der Waals surface area contributed by atoms with Gasteiger partial charge < -0.3 is 4.57 Å². The minimum absolute atomic E-state index is 0.155. The first-order valence-electron chi connectivity index (χ1n) is 8.23. The van der Waals surface area contributed by atoms with Gasteiger partial charge in [0.2, 0.25) is 5.91 Å². The Hall–Kier alpha value is -1.63. The number of amides is 1. The summed E-state index contributed by atoms with van der Waals surface area (Å²) < 4.78 is 16.0. The topological polar surface area (TPSA) is 34.4 Å². The normalized spacial score (nSPS) is 12.1. The van der Waals surface area contributed by atoms with Crippen molar-refractivity contribution in [2.75, 3.05) is 5.75 Å². The van der Waals surface area contributed by atoms with Crippen molar-refractivity contribution in [2.24, 2.45) is 4.99 Å². The second-order valence-electron chi connectivity index (χ2n) is 5.76. The van der Waals surface area contributed by atoms with Crippen molar-refractivity contribution in [1.82, 2.24) is 4.57 Å². The summed E-state index contributed by atoms with van der Waals surface area (Å²) in [6, 6.07) is 10.1. The summed E-state index contributed by atoms with van der Waals surface area (Å²) >= 11 is 9.14. The molecule has 3 rings (SSSR count). The molecule has 2 aromatic carbocycles. The Morgan fingerprint density at radius 3 is 2.73 bits per heavy atom. The van der Waals surface area contributed by atoms with Gasteiger partial charge in [0.1, 0.15) is 5.82 Å². The maximum Gasteiger partial charge on any atom is 0.249 e. The van der Waals surface area contributed by atoms with Crippen LogP contribution in [0.3, 0.4) is 0 Å². The smallest absolute Gasteiger partial charge is 0.249 e. The van der Waals surface area contributed by atoms with Crippen LogP contribution in [0.1, 0.15) is 18.9 Å². The molecule has 1 heterocycles. The summed E-state index contributed by atoms with van der Waals surface area (Å²) in [6.45, 7) is 4.78. The highest BCUT2D eigenvalue weighted by molar-refractivity contribution is 7.99. The van der Waals surface area contributed by atoms with E-state index >= 15 is 0 Å². The van der Waals surface area contributed by atoms with Crippen LogP contribution in [-0.4, -0.2) is 16.2 Å². The molecule has 0 atom stereocenters. The first kappa shape index (κ1) is 19.1. The van der Waals surface area contributed by atoms with Gasteiger partial charge in [0, 0.05) is 28.6 Å². The van der Waals surface area contributed by atoms with Gasteiger partial charge in [-0.05, 0) is 55.8 Å². The van der Waals surface area contributed by atoms with Gasteiger partial charge in [-0.15, -0.1) is 11.8 Å². The maximum absolute atomic E-state index is 12.9. The molecule has 0 saturated carbocycles. The molecule has 0 aliphatic carbocycles. The van der Waals surface area contributed by atoms with Gasteiger partial charge in [0.05, 0.1) is 10.2 Å². The van der Waals surface area contributed by atoms with Crippen LogP contribution in [-0.2, 0) is 11.3 Å². The monoisotopic (exact) mass is 408 g/mol. The van der Waals surface area contributed by atoms with Crippen LogP contribution in [0.2, 0.25) is 5.02 Å². The van der Waals surface area contributed by atoms with E-state index in [1.54, 1.807) is 12.1 Å². The van der Waals surface area contributed by atoms with Crippen LogP contribution in [0.25, 0.3) is 10.2 Å². The van der Waals surface area contributed by atoms with Crippen molar-refractivity contribution in [3.63, 3.8) is 0 Å². The number of rotatable bonds is 5. The van der Waals surface area contributed by atoms with Gasteiger partial charge in [-0.3, -0.25) is 4.79 Å². The highest BCUT2D eigenvalue weighted by atomic mass is 35.5. The minimum Gasteiger partial charge on any atom is -0.316 e. The molecule has 3 nitrogen and oxygen atoms in total. The van der Waals surface area contributed by atoms with Gasteiger partial charge in [-0.2, -0.15) is 4.99 Å². The van der Waals surface area contributed by atoms with Gasteiger partial charge in [-0.25, -0.2) is 4.39 Å². The zero-order valence-corrected chi connectivity index (χ0v) is 16.8. The van der Waals surface area contributed by atoms with E-state index < -0.39 is 0 Å². The van der Waals surface area contributed by atoms with E-state index in [2.05, 4.69) is 9.56 Å². The molecule has 0 radical (unpaired) electrons. The number of thioether (sulfide) groups is 1. The second kappa shape index (κ2) is 8.37. The molecule has 0 N–H and O–H groups in total. The van der Waals surface area contributed by atoms with Gasteiger partial charge in [0.25, 0.3) is 0 Å². The Morgan fingerprint density at radius 1 is 1.31 bits per heavy atom. The Bertz CT molecular complexity index is 1010. The molecule has 0 aliphatic rings. The van der Waals surface area contributed by atoms with Crippen LogP contribution in [0.15, 0.2) is 46.3 Å². The number of benzene rings is 2. The van der Waals surface area contributed by atoms with Crippen molar-refractivity contribution in [1.29, 1.82) is 0 Å². The third kappa shape index (κ3) is 4.37. The maximum atomic E-state index is 12.9. The Morgan fingerprint density at radius 2 is 2.04 bits per heavy atom. The Balaban J connectivity index is 1.77. The summed E-state index contributed by atoms with van der Waals surface area (Å²) in [7, 11) is 0. The standard InChI is InChI=1S/C19H18ClFN2OS2/c1-3-23-18-12(2)10-13(20)11-16(18)26-19(23)22-17(24)8-9-25-15-6-4-14(21)5-7-15/h4-7,10-11H,3,8-9H2,1-2H3. The zero-order chi connectivity index (χ0) is 18.7. The predicted octanol–water partition coefficient (Wildman–Crippen LogP) is 5.43. The lowest BCUT2D eigenvalue weighted by atomic mass is 10.2. The van der Waals surface area contributed by atoms with Gasteiger partial charge in [0.15, 0.2) is 4.80 Å². The molecule has 0 fully saturated rings. The third-order valence-corrected chi connectivity index (χ3v) is 6.12. The van der Waals surface area contributed by atoms with Crippen molar-refractivity contribution in [3.8, 4) is 0 Å². The summed E-state index contributed by atoms with van der Waals surface area (Å²) in [6.07, 6.45) is 0.333. The molecule has 0 saturated heterocycles. The predicted molar refractivity (Wildman–Crippen MR) is 108 cm³/mol. The molecule has 1 aromatic heterocycles. The summed E-state index contributed by atoms with van der Waals surface area (Å²) in [5.41, 5.74) is 2.15. The minimum atomic E-state index is -0.260. The van der Waals surface area contributed by atoms with Crippen molar-refractivity contribution >= 4 is 50.8 Å². The lowest BCUT2D eigenvalue weighted by Crippen LogP contribution is -2.16. The Kier molecular flexibility index (Phi) is 6.16. The average molecular weight is 409 g/mol. The summed E-state index contributed by atoms with van der Waals surface area (Å²) in [4.78, 5) is 18.2.